The lowest BCUT2D eigenvalue weighted by atomic mass is 10.2. The first kappa shape index (κ1) is 16.8. The Hall–Kier alpha value is -2.70. The van der Waals surface area contributed by atoms with E-state index in [-0.39, 0.29) is 5.91 Å². The van der Waals surface area contributed by atoms with E-state index in [1.807, 2.05) is 47.3 Å². The quantitative estimate of drug-likeness (QED) is 0.547. The van der Waals surface area contributed by atoms with Crippen LogP contribution in [0, 0.1) is 0 Å². The van der Waals surface area contributed by atoms with Crippen molar-refractivity contribution in [2.24, 2.45) is 0 Å². The first-order chi connectivity index (χ1) is 12.7. The molecule has 7 heteroatoms. The number of nitrogens with zero attached hydrogens (tertiary/aromatic N) is 3. The summed E-state index contributed by atoms with van der Waals surface area (Å²) in [6.07, 6.45) is 6.25. The summed E-state index contributed by atoms with van der Waals surface area (Å²) in [5.41, 5.74) is 1.19. The Labute approximate surface area is 159 Å². The molecule has 0 spiro atoms. The maximum Gasteiger partial charge on any atom is 0.268 e. The van der Waals surface area contributed by atoms with Gasteiger partial charge in [0.25, 0.3) is 5.91 Å². The van der Waals surface area contributed by atoms with Crippen LogP contribution in [0.25, 0.3) is 10.1 Å². The van der Waals surface area contributed by atoms with Gasteiger partial charge in [0.1, 0.15) is 4.88 Å². The van der Waals surface area contributed by atoms with Crippen LogP contribution in [0.3, 0.4) is 0 Å². The number of rotatable bonds is 5. The average Bonchev–Trinajstić information content (AvgIpc) is 3.25. The minimum Gasteiger partial charge on any atom is -0.304 e. The van der Waals surface area contributed by atoms with Gasteiger partial charge >= 0.3 is 0 Å². The highest BCUT2D eigenvalue weighted by molar-refractivity contribution is 7.21. The number of carbonyl (C=O) groups excluding carboxylic acids is 1. The number of hydrogen-bond donors (Lipinski definition) is 1. The summed E-state index contributed by atoms with van der Waals surface area (Å²) in [4.78, 5) is 17.1. The predicted octanol–water partition coefficient (Wildman–Crippen LogP) is 4.64. The molecule has 5 nitrogen and oxygen atoms in total. The fraction of sp³-hybridized carbons (Fsp3) is 0.105. The molecule has 1 N–H and O–H groups in total. The topological polar surface area (TPSA) is 59.8 Å². The largest absolute Gasteiger partial charge is 0.304 e. The van der Waals surface area contributed by atoms with Crippen LogP contribution in [0.15, 0.2) is 61.1 Å². The second-order valence-corrected chi connectivity index (χ2v) is 7.20. The summed E-state index contributed by atoms with van der Waals surface area (Å²) in [5.74, 6) is 0.272. The van der Waals surface area contributed by atoms with Crippen LogP contribution in [0.4, 0.5) is 5.82 Å². The molecule has 26 heavy (non-hydrogen) atoms. The molecule has 4 rings (SSSR count). The van der Waals surface area contributed by atoms with Gasteiger partial charge in [-0.3, -0.25) is 14.5 Å². The molecule has 0 aliphatic rings. The lowest BCUT2D eigenvalue weighted by molar-refractivity contribution is 0.103. The van der Waals surface area contributed by atoms with Gasteiger partial charge in [-0.25, -0.2) is 0 Å². The molecule has 0 saturated carbocycles. The molecule has 0 saturated heterocycles. The zero-order valence-corrected chi connectivity index (χ0v) is 15.3. The number of benzene rings is 1. The number of fused-ring (bicyclic) bond motifs is 1. The van der Waals surface area contributed by atoms with Crippen LogP contribution in [-0.4, -0.2) is 20.7 Å². The Bertz CT molecular complexity index is 1060. The Morgan fingerprint density at radius 3 is 2.77 bits per heavy atom. The first-order valence-electron chi connectivity index (χ1n) is 8.11. The Balaban J connectivity index is 1.44. The molecule has 0 atom stereocenters. The molecule has 0 radical (unpaired) electrons. The smallest absolute Gasteiger partial charge is 0.268 e. The van der Waals surface area contributed by atoms with Gasteiger partial charge in [-0.1, -0.05) is 29.8 Å². The summed E-state index contributed by atoms with van der Waals surface area (Å²) < 4.78 is 2.80. The van der Waals surface area contributed by atoms with Crippen molar-refractivity contribution in [1.29, 1.82) is 0 Å². The predicted molar refractivity (Wildman–Crippen MR) is 105 cm³/mol. The SMILES string of the molecule is O=C(Nc1ccn(CCc2ccncc2)n1)c1sc2ccccc2c1Cl. The molecule has 0 aliphatic carbocycles. The normalized spacial score (nSPS) is 11.0. The number of carbonyl (C=O) groups is 1. The number of anilines is 1. The van der Waals surface area contributed by atoms with E-state index < -0.39 is 0 Å². The lowest BCUT2D eigenvalue weighted by Crippen LogP contribution is -2.12. The third-order valence-corrected chi connectivity index (χ3v) is 5.68. The van der Waals surface area contributed by atoms with E-state index in [2.05, 4.69) is 15.4 Å². The zero-order chi connectivity index (χ0) is 17.9. The van der Waals surface area contributed by atoms with E-state index in [0.29, 0.717) is 15.7 Å². The van der Waals surface area contributed by atoms with Gasteiger partial charge < -0.3 is 5.32 Å². The van der Waals surface area contributed by atoms with Gasteiger partial charge in [0.15, 0.2) is 5.82 Å². The van der Waals surface area contributed by atoms with Crippen molar-refractivity contribution < 1.29 is 4.79 Å². The summed E-state index contributed by atoms with van der Waals surface area (Å²) >= 11 is 7.74. The van der Waals surface area contributed by atoms with Crippen LogP contribution in [0.2, 0.25) is 5.02 Å². The average molecular weight is 383 g/mol. The Kier molecular flexibility index (Phi) is 4.69. The van der Waals surface area contributed by atoms with E-state index in [0.717, 1.165) is 23.1 Å². The standard InChI is InChI=1S/C19H15ClN4OS/c20-17-14-3-1-2-4-15(14)26-18(17)19(25)22-16-8-12-24(23-16)11-7-13-5-9-21-10-6-13/h1-6,8-10,12H,7,11H2,(H,22,23,25). The highest BCUT2D eigenvalue weighted by Gasteiger charge is 2.17. The van der Waals surface area contributed by atoms with E-state index in [1.165, 1.54) is 16.9 Å². The molecule has 1 amide bonds. The van der Waals surface area contributed by atoms with E-state index in [4.69, 9.17) is 11.6 Å². The first-order valence-corrected chi connectivity index (χ1v) is 9.31. The van der Waals surface area contributed by atoms with Gasteiger partial charge in [0, 0.05) is 41.3 Å². The summed E-state index contributed by atoms with van der Waals surface area (Å²) in [5, 5.41) is 8.61. The minimum atomic E-state index is -0.240. The van der Waals surface area contributed by atoms with Crippen LogP contribution >= 0.6 is 22.9 Å². The molecule has 1 aromatic carbocycles. The van der Waals surface area contributed by atoms with Crippen LogP contribution in [0.1, 0.15) is 15.2 Å². The van der Waals surface area contributed by atoms with Gasteiger partial charge in [0.2, 0.25) is 0 Å². The summed E-state index contributed by atoms with van der Waals surface area (Å²) in [7, 11) is 0. The number of thiophene rings is 1. The molecular formula is C19H15ClN4OS. The van der Waals surface area contributed by atoms with Crippen molar-refractivity contribution in [3.8, 4) is 0 Å². The second-order valence-electron chi connectivity index (χ2n) is 5.76. The minimum absolute atomic E-state index is 0.240. The maximum atomic E-state index is 12.6. The Morgan fingerprint density at radius 2 is 1.96 bits per heavy atom. The third-order valence-electron chi connectivity index (χ3n) is 4.00. The van der Waals surface area contributed by atoms with E-state index >= 15 is 0 Å². The van der Waals surface area contributed by atoms with Crippen LogP contribution in [0.5, 0.6) is 0 Å². The van der Waals surface area contributed by atoms with Crippen LogP contribution in [-0.2, 0) is 13.0 Å². The number of pyridine rings is 1. The highest BCUT2D eigenvalue weighted by atomic mass is 35.5. The maximum absolute atomic E-state index is 12.6. The lowest BCUT2D eigenvalue weighted by Gasteiger charge is -2.02. The van der Waals surface area contributed by atoms with Gasteiger partial charge in [-0.15, -0.1) is 11.3 Å². The number of aryl methyl sites for hydroxylation is 2. The van der Waals surface area contributed by atoms with Crippen molar-refractivity contribution in [3.05, 3.63) is 76.5 Å². The molecule has 0 bridgehead atoms. The van der Waals surface area contributed by atoms with Gasteiger partial charge in [-0.2, -0.15) is 5.10 Å². The molecule has 3 aromatic heterocycles. The second kappa shape index (κ2) is 7.27. The number of aromatic nitrogens is 3. The number of hydrogen-bond acceptors (Lipinski definition) is 4. The fourth-order valence-electron chi connectivity index (χ4n) is 2.68. The monoisotopic (exact) mass is 382 g/mol. The molecule has 130 valence electrons. The summed E-state index contributed by atoms with van der Waals surface area (Å²) in [6, 6.07) is 13.5. The van der Waals surface area contributed by atoms with Crippen molar-refractivity contribution >= 4 is 44.7 Å². The number of nitrogens with one attached hydrogen (secondary N) is 1. The van der Waals surface area contributed by atoms with E-state index in [9.17, 15) is 4.79 Å². The molecule has 0 aliphatic heterocycles. The molecular weight excluding hydrogens is 368 g/mol. The van der Waals surface area contributed by atoms with Crippen molar-refractivity contribution in [3.63, 3.8) is 0 Å². The third kappa shape index (κ3) is 3.47. The number of amides is 1. The van der Waals surface area contributed by atoms with Gasteiger partial charge in [0.05, 0.1) is 5.02 Å². The molecule has 4 aromatic rings. The van der Waals surface area contributed by atoms with Crippen molar-refractivity contribution in [2.45, 2.75) is 13.0 Å². The molecule has 3 heterocycles. The van der Waals surface area contributed by atoms with Crippen molar-refractivity contribution in [2.75, 3.05) is 5.32 Å². The van der Waals surface area contributed by atoms with Crippen molar-refractivity contribution in [1.82, 2.24) is 14.8 Å². The number of halogens is 1. The zero-order valence-electron chi connectivity index (χ0n) is 13.7. The van der Waals surface area contributed by atoms with Crippen LogP contribution < -0.4 is 5.32 Å². The molecule has 0 unspecified atom stereocenters. The fourth-order valence-corrected chi connectivity index (χ4v) is 4.09. The van der Waals surface area contributed by atoms with Gasteiger partial charge in [-0.05, 0) is 30.2 Å². The summed E-state index contributed by atoms with van der Waals surface area (Å²) in [6.45, 7) is 0.726. The highest BCUT2D eigenvalue weighted by Crippen LogP contribution is 2.35. The Morgan fingerprint density at radius 1 is 1.15 bits per heavy atom. The molecule has 0 fully saturated rings. The van der Waals surface area contributed by atoms with E-state index in [1.54, 1.807) is 18.5 Å².